The molecular weight excluding hydrogens is 241 g/mol. The minimum absolute atomic E-state index is 0.772. The third-order valence-corrected chi connectivity index (χ3v) is 1.46. The quantitative estimate of drug-likeness (QED) is 0.632. The van der Waals surface area contributed by atoms with Crippen LogP contribution in [0.25, 0.3) is 0 Å². The standard InChI is InChI=1S/C6H8IN3/c1-5-2-9-6(3-8-5)4-10-7/h2-3,10H,4H2,1H3. The maximum absolute atomic E-state index is 4.14. The molecule has 0 bridgehead atoms. The zero-order valence-corrected chi connectivity index (χ0v) is 7.79. The monoisotopic (exact) mass is 249 g/mol. The zero-order chi connectivity index (χ0) is 7.40. The summed E-state index contributed by atoms with van der Waals surface area (Å²) in [4.78, 5) is 8.23. The van der Waals surface area contributed by atoms with Crippen LogP contribution in [-0.2, 0) is 6.54 Å². The van der Waals surface area contributed by atoms with Crippen molar-refractivity contribution in [3.8, 4) is 0 Å². The van der Waals surface area contributed by atoms with Crippen LogP contribution in [0, 0.1) is 6.92 Å². The Bertz CT molecular complexity index is 197. The average Bonchev–Trinajstić information content (AvgIpc) is 1.95. The van der Waals surface area contributed by atoms with Gasteiger partial charge >= 0.3 is 0 Å². The molecule has 0 spiro atoms. The largest absolute Gasteiger partial charge is 0.258 e. The second-order valence-corrected chi connectivity index (χ2v) is 2.72. The summed E-state index contributed by atoms with van der Waals surface area (Å²) in [5.41, 5.74) is 1.93. The Balaban J connectivity index is 2.69. The lowest BCUT2D eigenvalue weighted by Gasteiger charge is -1.95. The number of hydrogen-bond donors (Lipinski definition) is 1. The molecule has 0 saturated carbocycles. The number of aromatic nitrogens is 2. The van der Waals surface area contributed by atoms with Gasteiger partial charge in [-0.05, 0) is 6.92 Å². The van der Waals surface area contributed by atoms with Crippen LogP contribution in [0.15, 0.2) is 12.4 Å². The topological polar surface area (TPSA) is 37.8 Å². The van der Waals surface area contributed by atoms with E-state index in [1.807, 2.05) is 6.92 Å². The van der Waals surface area contributed by atoms with Crippen molar-refractivity contribution in [3.05, 3.63) is 23.8 Å². The van der Waals surface area contributed by atoms with Crippen LogP contribution >= 0.6 is 22.9 Å². The summed E-state index contributed by atoms with van der Waals surface area (Å²) in [5, 5.41) is 0. The summed E-state index contributed by atoms with van der Waals surface area (Å²) in [7, 11) is 0. The first-order valence-electron chi connectivity index (χ1n) is 2.94. The molecule has 4 heteroatoms. The summed E-state index contributed by atoms with van der Waals surface area (Å²) in [6.07, 6.45) is 3.55. The molecule has 0 aliphatic heterocycles. The second kappa shape index (κ2) is 3.82. The third-order valence-electron chi connectivity index (χ3n) is 1.08. The van der Waals surface area contributed by atoms with Crippen LogP contribution < -0.4 is 3.53 Å². The smallest absolute Gasteiger partial charge is 0.0732 e. The van der Waals surface area contributed by atoms with E-state index in [9.17, 15) is 0 Å². The molecular formula is C6H8IN3. The zero-order valence-electron chi connectivity index (χ0n) is 5.63. The molecule has 0 amide bonds. The molecule has 1 rings (SSSR count). The van der Waals surface area contributed by atoms with Crippen molar-refractivity contribution < 1.29 is 0 Å². The van der Waals surface area contributed by atoms with Gasteiger partial charge < -0.3 is 0 Å². The summed E-state index contributed by atoms with van der Waals surface area (Å²) < 4.78 is 2.97. The maximum atomic E-state index is 4.14. The molecule has 0 saturated heterocycles. The number of halogens is 1. The van der Waals surface area contributed by atoms with Crippen LogP contribution in [0.2, 0.25) is 0 Å². The average molecular weight is 249 g/mol. The first-order valence-corrected chi connectivity index (χ1v) is 4.02. The summed E-state index contributed by atoms with van der Waals surface area (Å²) in [5.74, 6) is 0. The molecule has 54 valence electrons. The van der Waals surface area contributed by atoms with Crippen molar-refractivity contribution in [1.29, 1.82) is 0 Å². The van der Waals surface area contributed by atoms with E-state index in [0.717, 1.165) is 17.9 Å². The van der Waals surface area contributed by atoms with E-state index in [0.29, 0.717) is 0 Å². The molecule has 3 nitrogen and oxygen atoms in total. The first kappa shape index (κ1) is 7.87. The highest BCUT2D eigenvalue weighted by atomic mass is 127. The van der Waals surface area contributed by atoms with Crippen LogP contribution in [0.3, 0.4) is 0 Å². The Morgan fingerprint density at radius 3 is 2.80 bits per heavy atom. The van der Waals surface area contributed by atoms with Crippen molar-refractivity contribution in [2.45, 2.75) is 13.5 Å². The highest BCUT2D eigenvalue weighted by molar-refractivity contribution is 14.1. The lowest BCUT2D eigenvalue weighted by atomic mass is 10.4. The number of aryl methyl sites for hydroxylation is 1. The van der Waals surface area contributed by atoms with Crippen LogP contribution in [0.1, 0.15) is 11.4 Å². The van der Waals surface area contributed by atoms with E-state index in [-0.39, 0.29) is 0 Å². The van der Waals surface area contributed by atoms with Crippen LogP contribution in [0.4, 0.5) is 0 Å². The predicted molar refractivity (Wildman–Crippen MR) is 47.6 cm³/mol. The van der Waals surface area contributed by atoms with Gasteiger partial charge in [-0.3, -0.25) is 13.5 Å². The molecule has 1 aromatic rings. The summed E-state index contributed by atoms with van der Waals surface area (Å²) in [6, 6.07) is 0. The van der Waals surface area contributed by atoms with E-state index in [4.69, 9.17) is 0 Å². The highest BCUT2D eigenvalue weighted by Crippen LogP contribution is 1.93. The molecule has 0 aliphatic rings. The molecule has 0 radical (unpaired) electrons. The summed E-state index contributed by atoms with van der Waals surface area (Å²) >= 11 is 2.08. The van der Waals surface area contributed by atoms with Crippen molar-refractivity contribution in [2.75, 3.05) is 0 Å². The predicted octanol–water partition coefficient (Wildman–Crippen LogP) is 1.22. The van der Waals surface area contributed by atoms with Gasteiger partial charge in [0.15, 0.2) is 0 Å². The molecule has 1 N–H and O–H groups in total. The molecule has 0 atom stereocenters. The fourth-order valence-electron chi connectivity index (χ4n) is 0.579. The van der Waals surface area contributed by atoms with Crippen molar-refractivity contribution in [2.24, 2.45) is 0 Å². The molecule has 0 aliphatic carbocycles. The van der Waals surface area contributed by atoms with Crippen LogP contribution in [0.5, 0.6) is 0 Å². The fourth-order valence-corrected chi connectivity index (χ4v) is 0.970. The lowest BCUT2D eigenvalue weighted by Crippen LogP contribution is -2.00. The molecule has 0 aromatic carbocycles. The fraction of sp³-hybridized carbons (Fsp3) is 0.333. The van der Waals surface area contributed by atoms with Gasteiger partial charge in [0.25, 0.3) is 0 Å². The van der Waals surface area contributed by atoms with Gasteiger partial charge in [-0.25, -0.2) is 0 Å². The molecule has 0 unspecified atom stereocenters. The van der Waals surface area contributed by atoms with E-state index < -0.39 is 0 Å². The minimum Gasteiger partial charge on any atom is -0.258 e. The molecule has 10 heavy (non-hydrogen) atoms. The van der Waals surface area contributed by atoms with Crippen molar-refractivity contribution in [3.63, 3.8) is 0 Å². The normalized spacial score (nSPS) is 9.80. The minimum atomic E-state index is 0.772. The molecule has 0 fully saturated rings. The van der Waals surface area contributed by atoms with Crippen molar-refractivity contribution in [1.82, 2.24) is 13.5 Å². The molecule has 1 heterocycles. The van der Waals surface area contributed by atoms with E-state index in [2.05, 4.69) is 36.4 Å². The van der Waals surface area contributed by atoms with E-state index in [1.54, 1.807) is 12.4 Å². The van der Waals surface area contributed by atoms with Gasteiger partial charge in [0.05, 0.1) is 17.6 Å². The lowest BCUT2D eigenvalue weighted by molar-refractivity contribution is 0.917. The van der Waals surface area contributed by atoms with Crippen molar-refractivity contribution >= 4 is 22.9 Å². The Hall–Kier alpha value is -0.230. The second-order valence-electron chi connectivity index (χ2n) is 1.96. The molecule has 1 aromatic heterocycles. The Morgan fingerprint density at radius 2 is 2.30 bits per heavy atom. The number of nitrogens with one attached hydrogen (secondary N) is 1. The number of nitrogens with zero attached hydrogens (tertiary/aromatic N) is 2. The Labute approximate surface area is 73.8 Å². The van der Waals surface area contributed by atoms with Gasteiger partial charge in [-0.2, -0.15) is 0 Å². The Kier molecular flexibility index (Phi) is 3.01. The van der Waals surface area contributed by atoms with Gasteiger partial charge in [0.2, 0.25) is 0 Å². The SMILES string of the molecule is Cc1cnc(CNI)cn1. The number of hydrogen-bond acceptors (Lipinski definition) is 3. The van der Waals surface area contributed by atoms with Gasteiger partial charge in [-0.15, -0.1) is 0 Å². The van der Waals surface area contributed by atoms with E-state index in [1.165, 1.54) is 0 Å². The van der Waals surface area contributed by atoms with Crippen LogP contribution in [-0.4, -0.2) is 9.97 Å². The third kappa shape index (κ3) is 2.18. The highest BCUT2D eigenvalue weighted by Gasteiger charge is 1.90. The maximum Gasteiger partial charge on any atom is 0.0732 e. The van der Waals surface area contributed by atoms with Gasteiger partial charge in [0, 0.05) is 35.6 Å². The van der Waals surface area contributed by atoms with Gasteiger partial charge in [-0.1, -0.05) is 0 Å². The number of rotatable bonds is 2. The first-order chi connectivity index (χ1) is 4.83. The van der Waals surface area contributed by atoms with E-state index >= 15 is 0 Å². The Morgan fingerprint density at radius 1 is 1.50 bits per heavy atom. The van der Waals surface area contributed by atoms with Gasteiger partial charge in [0.1, 0.15) is 0 Å². The summed E-state index contributed by atoms with van der Waals surface area (Å²) in [6.45, 7) is 2.70.